The van der Waals surface area contributed by atoms with E-state index in [1.54, 1.807) is 12.1 Å². The molecule has 0 aliphatic rings. The minimum absolute atomic E-state index is 0.157. The lowest BCUT2D eigenvalue weighted by atomic mass is 10.2. The first-order valence-electron chi connectivity index (χ1n) is 5.21. The topological polar surface area (TPSA) is 55.1 Å². The monoisotopic (exact) mass is 372 g/mol. The summed E-state index contributed by atoms with van der Waals surface area (Å²) >= 11 is 6.69. The van der Waals surface area contributed by atoms with E-state index in [2.05, 4.69) is 42.3 Å². The van der Waals surface area contributed by atoms with Gasteiger partial charge in [0.1, 0.15) is 11.5 Å². The molecule has 4 nitrogen and oxygen atoms in total. The molecule has 6 heteroatoms. The summed E-state index contributed by atoms with van der Waals surface area (Å²) in [6.07, 6.45) is 0. The van der Waals surface area contributed by atoms with Crippen LogP contribution in [0.25, 0.3) is 0 Å². The molecule has 0 aliphatic carbocycles. The summed E-state index contributed by atoms with van der Waals surface area (Å²) in [6.45, 7) is 2.16. The van der Waals surface area contributed by atoms with Crippen molar-refractivity contribution in [3.05, 3.63) is 50.2 Å². The van der Waals surface area contributed by atoms with E-state index in [-0.39, 0.29) is 5.91 Å². The first-order chi connectivity index (χ1) is 8.56. The van der Waals surface area contributed by atoms with Crippen LogP contribution in [0.5, 0.6) is 0 Å². The maximum atomic E-state index is 11.9. The number of benzene rings is 1. The Kier molecular flexibility index (Phi) is 4.19. The Labute approximate surface area is 121 Å². The molecule has 2 rings (SSSR count). The number of aromatic nitrogens is 1. The van der Waals surface area contributed by atoms with Gasteiger partial charge in [-0.2, -0.15) is 0 Å². The number of nitrogens with zero attached hydrogens (tertiary/aromatic N) is 1. The smallest absolute Gasteiger partial charge is 0.252 e. The van der Waals surface area contributed by atoms with Crippen LogP contribution in [0.2, 0.25) is 0 Å². The van der Waals surface area contributed by atoms with E-state index in [1.807, 2.05) is 19.1 Å². The normalized spacial score (nSPS) is 10.4. The molecule has 1 aromatic heterocycles. The molecule has 0 atom stereocenters. The van der Waals surface area contributed by atoms with Gasteiger partial charge in [0.2, 0.25) is 0 Å². The summed E-state index contributed by atoms with van der Waals surface area (Å²) in [4.78, 5) is 11.9. The third kappa shape index (κ3) is 3.20. The van der Waals surface area contributed by atoms with Crippen LogP contribution in [-0.2, 0) is 6.54 Å². The Morgan fingerprint density at radius 1 is 1.39 bits per heavy atom. The number of rotatable bonds is 3. The van der Waals surface area contributed by atoms with Crippen LogP contribution in [-0.4, -0.2) is 11.1 Å². The van der Waals surface area contributed by atoms with Gasteiger partial charge in [0.05, 0.1) is 12.1 Å². The quantitative estimate of drug-likeness (QED) is 0.896. The fourth-order valence-electron chi connectivity index (χ4n) is 1.44. The van der Waals surface area contributed by atoms with Gasteiger partial charge >= 0.3 is 0 Å². The van der Waals surface area contributed by atoms with Gasteiger partial charge in [0, 0.05) is 15.0 Å². The maximum absolute atomic E-state index is 11.9. The zero-order chi connectivity index (χ0) is 13.1. The number of amides is 1. The van der Waals surface area contributed by atoms with Gasteiger partial charge in [-0.05, 0) is 41.1 Å². The average molecular weight is 374 g/mol. The molecule has 18 heavy (non-hydrogen) atoms. The summed E-state index contributed by atoms with van der Waals surface area (Å²) in [6, 6.07) is 7.18. The Morgan fingerprint density at radius 2 is 2.17 bits per heavy atom. The number of hydrogen-bond acceptors (Lipinski definition) is 3. The van der Waals surface area contributed by atoms with Gasteiger partial charge in [-0.3, -0.25) is 4.79 Å². The second kappa shape index (κ2) is 5.67. The van der Waals surface area contributed by atoms with E-state index in [0.29, 0.717) is 17.8 Å². The predicted molar refractivity (Wildman–Crippen MR) is 74.3 cm³/mol. The third-order valence-corrected chi connectivity index (χ3v) is 3.43. The van der Waals surface area contributed by atoms with E-state index in [9.17, 15) is 4.79 Å². The number of nitrogens with one attached hydrogen (secondary N) is 1. The van der Waals surface area contributed by atoms with Crippen molar-refractivity contribution in [2.75, 3.05) is 0 Å². The van der Waals surface area contributed by atoms with E-state index >= 15 is 0 Å². The number of halogens is 2. The first-order valence-corrected chi connectivity index (χ1v) is 6.80. The van der Waals surface area contributed by atoms with Crippen molar-refractivity contribution >= 4 is 37.8 Å². The Morgan fingerprint density at radius 3 is 2.78 bits per heavy atom. The Bertz CT molecular complexity index is 581. The first kappa shape index (κ1) is 13.3. The summed E-state index contributed by atoms with van der Waals surface area (Å²) in [5, 5.41) is 6.59. The second-order valence-electron chi connectivity index (χ2n) is 3.74. The lowest BCUT2D eigenvalue weighted by Crippen LogP contribution is -2.23. The highest BCUT2D eigenvalue weighted by Gasteiger charge is 2.10. The molecule has 94 valence electrons. The molecular formula is C12H10Br2N2O2. The molecule has 0 bridgehead atoms. The summed E-state index contributed by atoms with van der Waals surface area (Å²) in [5.74, 6) is 0.569. The number of hydrogen-bond donors (Lipinski definition) is 1. The van der Waals surface area contributed by atoms with Gasteiger partial charge in [0.15, 0.2) is 0 Å². The summed E-state index contributed by atoms with van der Waals surface area (Å²) < 4.78 is 6.58. The fourth-order valence-corrected chi connectivity index (χ4v) is 2.67. The van der Waals surface area contributed by atoms with Crippen molar-refractivity contribution < 1.29 is 9.32 Å². The van der Waals surface area contributed by atoms with E-state index in [0.717, 1.165) is 14.7 Å². The van der Waals surface area contributed by atoms with Gasteiger partial charge in [-0.1, -0.05) is 21.1 Å². The maximum Gasteiger partial charge on any atom is 0.252 e. The molecule has 1 heterocycles. The van der Waals surface area contributed by atoms with Gasteiger partial charge in [0.25, 0.3) is 5.91 Å². The molecule has 0 radical (unpaired) electrons. The van der Waals surface area contributed by atoms with Crippen molar-refractivity contribution in [2.24, 2.45) is 0 Å². The van der Waals surface area contributed by atoms with Crippen molar-refractivity contribution in [3.8, 4) is 0 Å². The minimum atomic E-state index is -0.157. The molecule has 0 fully saturated rings. The van der Waals surface area contributed by atoms with Crippen LogP contribution in [0.1, 0.15) is 21.8 Å². The molecule has 2 aromatic rings. The van der Waals surface area contributed by atoms with Gasteiger partial charge in [-0.15, -0.1) is 0 Å². The van der Waals surface area contributed by atoms with E-state index in [4.69, 9.17) is 4.52 Å². The summed E-state index contributed by atoms with van der Waals surface area (Å²) in [7, 11) is 0. The highest BCUT2D eigenvalue weighted by atomic mass is 79.9. The Balaban J connectivity index is 2.03. The lowest BCUT2D eigenvalue weighted by Gasteiger charge is -2.05. The molecule has 1 aromatic carbocycles. The molecule has 0 aliphatic heterocycles. The highest BCUT2D eigenvalue weighted by Crippen LogP contribution is 2.21. The zero-order valence-electron chi connectivity index (χ0n) is 9.54. The van der Waals surface area contributed by atoms with Crippen molar-refractivity contribution in [3.63, 3.8) is 0 Å². The van der Waals surface area contributed by atoms with Crippen molar-refractivity contribution in [1.82, 2.24) is 10.5 Å². The molecule has 1 amide bonds. The molecule has 0 spiro atoms. The molecule has 0 unspecified atom stereocenters. The largest absolute Gasteiger partial charge is 0.361 e. The SMILES string of the molecule is Cc1cc(CNC(=O)c2ccc(Br)cc2Br)no1. The van der Waals surface area contributed by atoms with Crippen LogP contribution in [0.4, 0.5) is 0 Å². The van der Waals surface area contributed by atoms with Crippen LogP contribution >= 0.6 is 31.9 Å². The van der Waals surface area contributed by atoms with Gasteiger partial charge in [-0.25, -0.2) is 0 Å². The van der Waals surface area contributed by atoms with Crippen LogP contribution < -0.4 is 5.32 Å². The molecule has 0 saturated carbocycles. The van der Waals surface area contributed by atoms with Crippen LogP contribution in [0.3, 0.4) is 0 Å². The average Bonchev–Trinajstić information content (AvgIpc) is 2.72. The Hall–Kier alpha value is -1.14. The molecule has 0 saturated heterocycles. The molecule has 1 N–H and O–H groups in total. The highest BCUT2D eigenvalue weighted by molar-refractivity contribution is 9.11. The fraction of sp³-hybridized carbons (Fsp3) is 0.167. The lowest BCUT2D eigenvalue weighted by molar-refractivity contribution is 0.0949. The third-order valence-electron chi connectivity index (χ3n) is 2.28. The van der Waals surface area contributed by atoms with Crippen molar-refractivity contribution in [2.45, 2.75) is 13.5 Å². The molecular weight excluding hydrogens is 364 g/mol. The zero-order valence-corrected chi connectivity index (χ0v) is 12.7. The number of carbonyl (C=O) groups excluding carboxylic acids is 1. The van der Waals surface area contributed by atoms with Crippen LogP contribution in [0.15, 0.2) is 37.7 Å². The second-order valence-corrected chi connectivity index (χ2v) is 5.51. The van der Waals surface area contributed by atoms with E-state index < -0.39 is 0 Å². The number of carbonyl (C=O) groups is 1. The van der Waals surface area contributed by atoms with E-state index in [1.165, 1.54) is 0 Å². The standard InChI is InChI=1S/C12H10Br2N2O2/c1-7-4-9(16-18-7)6-15-12(17)10-3-2-8(13)5-11(10)14/h2-5H,6H2,1H3,(H,15,17). The summed E-state index contributed by atoms with van der Waals surface area (Å²) in [5.41, 5.74) is 1.28. The van der Waals surface area contributed by atoms with Crippen LogP contribution in [0, 0.1) is 6.92 Å². The van der Waals surface area contributed by atoms with Crippen molar-refractivity contribution in [1.29, 1.82) is 0 Å². The minimum Gasteiger partial charge on any atom is -0.361 e. The predicted octanol–water partition coefficient (Wildman–Crippen LogP) is 3.44. The van der Waals surface area contributed by atoms with Gasteiger partial charge < -0.3 is 9.84 Å². The number of aryl methyl sites for hydroxylation is 1.